The summed E-state index contributed by atoms with van der Waals surface area (Å²) in [5.74, 6) is 0.987. The number of aryl methyl sites for hydroxylation is 1. The molecule has 9 nitrogen and oxygen atoms in total. The van der Waals surface area contributed by atoms with Crippen molar-refractivity contribution in [1.29, 1.82) is 0 Å². The van der Waals surface area contributed by atoms with Crippen molar-refractivity contribution >= 4 is 41.7 Å². The van der Waals surface area contributed by atoms with E-state index >= 15 is 0 Å². The molecule has 0 aliphatic carbocycles. The van der Waals surface area contributed by atoms with E-state index in [-0.39, 0.29) is 19.0 Å². The predicted octanol–water partition coefficient (Wildman–Crippen LogP) is 1.04. The van der Waals surface area contributed by atoms with Gasteiger partial charge in [0.2, 0.25) is 5.16 Å². The number of benzene rings is 1. The lowest BCUT2D eigenvalue weighted by atomic mass is 10.2. The van der Waals surface area contributed by atoms with Gasteiger partial charge in [-0.3, -0.25) is 4.79 Å². The Bertz CT molecular complexity index is 731. The Morgan fingerprint density at radius 3 is 2.85 bits per heavy atom. The fraction of sp³-hybridized carbons (Fsp3) is 0.429. The van der Waals surface area contributed by atoms with Gasteiger partial charge in [-0.25, -0.2) is 4.68 Å². The second kappa shape index (κ2) is 11.1. The molecule has 0 aliphatic heterocycles. The number of rotatable bonds is 10. The summed E-state index contributed by atoms with van der Waals surface area (Å²) in [4.78, 5) is 10.8. The minimum absolute atomic E-state index is 0. The zero-order chi connectivity index (χ0) is 18.2. The normalized spacial score (nSPS) is 10.3. The molecular formula is C14H20Cl2N6O3S. The number of halogens is 2. The van der Waals surface area contributed by atoms with E-state index in [0.717, 1.165) is 23.0 Å². The Hall–Kier alpha value is -1.75. The Kier molecular flexibility index (Phi) is 9.49. The summed E-state index contributed by atoms with van der Waals surface area (Å²) in [6.07, 6.45) is 0. The molecule has 0 saturated heterocycles. The minimum atomic E-state index is -0.584. The number of nitrogens with zero attached hydrogens (tertiary/aromatic N) is 4. The third-order valence-electron chi connectivity index (χ3n) is 3.07. The number of nitrogens with one attached hydrogen (secondary N) is 1. The van der Waals surface area contributed by atoms with Crippen molar-refractivity contribution in [3.63, 3.8) is 0 Å². The second-order valence-corrected chi connectivity index (χ2v) is 6.44. The van der Waals surface area contributed by atoms with E-state index in [1.807, 2.05) is 0 Å². The summed E-state index contributed by atoms with van der Waals surface area (Å²) in [6, 6.07) is 3.56. The highest BCUT2D eigenvalue weighted by molar-refractivity contribution is 7.99. The number of ether oxygens (including phenoxy) is 2. The molecule has 144 valence electrons. The first kappa shape index (κ1) is 22.3. The van der Waals surface area contributed by atoms with Crippen LogP contribution in [-0.2, 0) is 18.4 Å². The van der Waals surface area contributed by atoms with Crippen LogP contribution in [0.15, 0.2) is 17.3 Å². The molecule has 2 aromatic rings. The van der Waals surface area contributed by atoms with E-state index < -0.39 is 5.91 Å². The topological polar surface area (TPSA) is 117 Å². The van der Waals surface area contributed by atoms with Crippen LogP contribution >= 0.6 is 35.8 Å². The number of hydrogen-bond donors (Lipinski definition) is 2. The first-order valence-electron chi connectivity index (χ1n) is 7.34. The molecule has 0 radical (unpaired) electrons. The lowest BCUT2D eigenvalue weighted by Gasteiger charge is -2.13. The molecule has 3 N–H and O–H groups in total. The van der Waals surface area contributed by atoms with Crippen molar-refractivity contribution in [3.05, 3.63) is 22.7 Å². The number of tetrazole rings is 1. The van der Waals surface area contributed by atoms with E-state index in [1.54, 1.807) is 35.6 Å². The van der Waals surface area contributed by atoms with Gasteiger partial charge in [0.15, 0.2) is 18.1 Å². The maximum absolute atomic E-state index is 10.8. The van der Waals surface area contributed by atoms with Crippen molar-refractivity contribution in [3.8, 4) is 11.5 Å². The maximum atomic E-state index is 10.8. The van der Waals surface area contributed by atoms with Crippen molar-refractivity contribution in [2.45, 2.75) is 11.7 Å². The number of thioether (sulfide) groups is 1. The van der Waals surface area contributed by atoms with Gasteiger partial charge in [-0.05, 0) is 28.1 Å². The molecule has 0 aliphatic rings. The zero-order valence-electron chi connectivity index (χ0n) is 14.3. The van der Waals surface area contributed by atoms with Gasteiger partial charge in [0, 0.05) is 25.9 Å². The van der Waals surface area contributed by atoms with Crippen LogP contribution in [-0.4, -0.2) is 52.1 Å². The molecule has 26 heavy (non-hydrogen) atoms. The number of aromatic nitrogens is 4. The number of carbonyl (C=O) groups is 1. The monoisotopic (exact) mass is 422 g/mol. The van der Waals surface area contributed by atoms with Gasteiger partial charge in [0.25, 0.3) is 5.91 Å². The summed E-state index contributed by atoms with van der Waals surface area (Å²) in [6.45, 7) is 1.10. The van der Waals surface area contributed by atoms with Crippen molar-refractivity contribution in [2.24, 2.45) is 12.8 Å². The van der Waals surface area contributed by atoms with Crippen molar-refractivity contribution < 1.29 is 14.3 Å². The van der Waals surface area contributed by atoms with Crippen LogP contribution in [0, 0.1) is 0 Å². The standard InChI is InChI=1S/C14H19ClN6O3S.ClH/c1-21-14(18-19-20-21)25-4-3-17-7-9-5-10(15)13(11(6-9)23-2)24-8-12(16)22;/h5-6,17H,3-4,7-8H2,1-2H3,(H2,16,22);1H. The van der Waals surface area contributed by atoms with Gasteiger partial charge in [-0.1, -0.05) is 23.4 Å². The molecule has 1 heterocycles. The van der Waals surface area contributed by atoms with Gasteiger partial charge < -0.3 is 20.5 Å². The fourth-order valence-electron chi connectivity index (χ4n) is 1.95. The highest BCUT2D eigenvalue weighted by Gasteiger charge is 2.13. The SMILES string of the molecule is COc1cc(CNCCSc2nnnn2C)cc(Cl)c1OCC(N)=O.Cl. The average Bonchev–Trinajstić information content (AvgIpc) is 2.98. The van der Waals surface area contributed by atoms with Crippen molar-refractivity contribution in [1.82, 2.24) is 25.5 Å². The van der Waals surface area contributed by atoms with Gasteiger partial charge in [-0.2, -0.15) is 0 Å². The highest BCUT2D eigenvalue weighted by Crippen LogP contribution is 2.36. The lowest BCUT2D eigenvalue weighted by Crippen LogP contribution is -2.20. The number of carbonyl (C=O) groups excluding carboxylic acids is 1. The third-order valence-corrected chi connectivity index (χ3v) is 4.36. The summed E-state index contributed by atoms with van der Waals surface area (Å²) in [7, 11) is 3.30. The quantitative estimate of drug-likeness (QED) is 0.430. The van der Waals surface area contributed by atoms with Crippen LogP contribution in [0.25, 0.3) is 0 Å². The summed E-state index contributed by atoms with van der Waals surface area (Å²) >= 11 is 7.77. The molecule has 0 spiro atoms. The van der Waals surface area contributed by atoms with Crippen LogP contribution in [0.2, 0.25) is 5.02 Å². The Labute approximate surface area is 166 Å². The Morgan fingerprint density at radius 2 is 2.23 bits per heavy atom. The summed E-state index contributed by atoms with van der Waals surface area (Å²) < 4.78 is 12.2. The lowest BCUT2D eigenvalue weighted by molar-refractivity contribution is -0.119. The molecule has 0 saturated carbocycles. The average molecular weight is 423 g/mol. The van der Waals surface area contributed by atoms with Gasteiger partial charge >= 0.3 is 0 Å². The first-order valence-corrected chi connectivity index (χ1v) is 8.71. The fourth-order valence-corrected chi connectivity index (χ4v) is 2.98. The van der Waals surface area contributed by atoms with Crippen LogP contribution in [0.4, 0.5) is 0 Å². The van der Waals surface area contributed by atoms with Crippen LogP contribution in [0.1, 0.15) is 5.56 Å². The highest BCUT2D eigenvalue weighted by atomic mass is 35.5. The zero-order valence-corrected chi connectivity index (χ0v) is 16.7. The number of hydrogen-bond acceptors (Lipinski definition) is 8. The molecule has 0 fully saturated rings. The Morgan fingerprint density at radius 1 is 1.46 bits per heavy atom. The molecule has 0 unspecified atom stereocenters. The third kappa shape index (κ3) is 6.52. The molecule has 1 aromatic carbocycles. The van der Waals surface area contributed by atoms with Crippen LogP contribution in [0.5, 0.6) is 11.5 Å². The smallest absolute Gasteiger partial charge is 0.255 e. The van der Waals surface area contributed by atoms with E-state index in [0.29, 0.717) is 23.1 Å². The first-order chi connectivity index (χ1) is 12.0. The van der Waals surface area contributed by atoms with E-state index in [4.69, 9.17) is 26.8 Å². The molecule has 12 heteroatoms. The minimum Gasteiger partial charge on any atom is -0.493 e. The van der Waals surface area contributed by atoms with Crippen molar-refractivity contribution in [2.75, 3.05) is 26.0 Å². The molecular weight excluding hydrogens is 403 g/mol. The number of amides is 1. The van der Waals surface area contributed by atoms with Gasteiger partial charge in [0.1, 0.15) is 0 Å². The Balaban J connectivity index is 0.00000338. The summed E-state index contributed by atoms with van der Waals surface area (Å²) in [5, 5.41) is 15.7. The van der Waals surface area contributed by atoms with E-state index in [9.17, 15) is 4.79 Å². The predicted molar refractivity (Wildman–Crippen MR) is 101 cm³/mol. The summed E-state index contributed by atoms with van der Waals surface area (Å²) in [5.41, 5.74) is 6.01. The van der Waals surface area contributed by atoms with E-state index in [1.165, 1.54) is 7.11 Å². The van der Waals surface area contributed by atoms with Crippen LogP contribution < -0.4 is 20.5 Å². The largest absolute Gasteiger partial charge is 0.493 e. The van der Waals surface area contributed by atoms with Crippen LogP contribution in [0.3, 0.4) is 0 Å². The maximum Gasteiger partial charge on any atom is 0.255 e. The van der Waals surface area contributed by atoms with E-state index in [2.05, 4.69) is 20.8 Å². The molecule has 0 bridgehead atoms. The molecule has 1 aromatic heterocycles. The number of primary amides is 1. The molecule has 0 atom stereocenters. The molecule has 1 amide bonds. The number of nitrogens with two attached hydrogens (primary N) is 1. The van der Waals surface area contributed by atoms with Gasteiger partial charge in [0.05, 0.1) is 12.1 Å². The molecule has 2 rings (SSSR count). The second-order valence-electron chi connectivity index (χ2n) is 4.97. The van der Waals surface area contributed by atoms with Gasteiger partial charge in [-0.15, -0.1) is 17.5 Å². The number of methoxy groups -OCH3 is 1.